The zero-order valence-corrected chi connectivity index (χ0v) is 24.0. The molecule has 0 heterocycles. The Kier molecular flexibility index (Phi) is 9.42. The van der Waals surface area contributed by atoms with Gasteiger partial charge in [0.2, 0.25) is 0 Å². The molecule has 0 aliphatic heterocycles. The highest BCUT2D eigenvalue weighted by molar-refractivity contribution is 7.55. The fraction of sp³-hybridized carbons (Fsp3) is 0.0882. The van der Waals surface area contributed by atoms with E-state index in [2.05, 4.69) is 10.6 Å². The molecule has 0 fully saturated rings. The first-order valence-electron chi connectivity index (χ1n) is 13.6. The number of nitrogens with one attached hydrogen (secondary N) is 2. The maximum atomic E-state index is 14.7. The summed E-state index contributed by atoms with van der Waals surface area (Å²) < 4.78 is 27.0. The number of amides is 1. The monoisotopic (exact) mass is 594 g/mol. The molecule has 0 aliphatic rings. The van der Waals surface area contributed by atoms with Gasteiger partial charge in [-0.2, -0.15) is 0 Å². The summed E-state index contributed by atoms with van der Waals surface area (Å²) in [6.07, 6.45) is 0. The van der Waals surface area contributed by atoms with Crippen molar-refractivity contribution in [2.75, 3.05) is 11.9 Å². The average molecular weight is 595 g/mol. The minimum Gasteiger partial charge on any atom is -0.508 e. The van der Waals surface area contributed by atoms with Gasteiger partial charge in [0.15, 0.2) is 5.78 Å². The van der Waals surface area contributed by atoms with Crippen LogP contribution >= 0.6 is 7.60 Å². The van der Waals surface area contributed by atoms with Crippen molar-refractivity contribution in [1.82, 2.24) is 5.32 Å². The average Bonchev–Trinajstić information content (AvgIpc) is 3.04. The lowest BCUT2D eigenvalue weighted by atomic mass is 10.1. The van der Waals surface area contributed by atoms with E-state index in [9.17, 15) is 19.6 Å². The number of aliphatic hydroxyl groups is 1. The van der Waals surface area contributed by atoms with E-state index in [0.717, 1.165) is 5.56 Å². The molecule has 1 unspecified atom stereocenters. The Morgan fingerprint density at radius 2 is 1.19 bits per heavy atom. The van der Waals surface area contributed by atoms with Gasteiger partial charge in [0.25, 0.3) is 5.91 Å². The van der Waals surface area contributed by atoms with Crippen molar-refractivity contribution in [3.8, 4) is 17.2 Å². The molecule has 5 rings (SSSR count). The van der Waals surface area contributed by atoms with Crippen LogP contribution in [0.1, 0.15) is 33.3 Å². The molecule has 8 nitrogen and oxygen atoms in total. The second-order valence-electron chi connectivity index (χ2n) is 9.68. The molecule has 4 N–H and O–H groups in total. The van der Waals surface area contributed by atoms with E-state index in [1.54, 1.807) is 84.9 Å². The maximum absolute atomic E-state index is 14.7. The predicted octanol–water partition coefficient (Wildman–Crippen LogP) is 7.32. The number of phenols is 1. The Balaban J connectivity index is 1.44. The Hall–Kier alpha value is -5.04. The zero-order chi connectivity index (χ0) is 30.1. The van der Waals surface area contributed by atoms with Gasteiger partial charge in [0, 0.05) is 11.3 Å². The van der Waals surface area contributed by atoms with E-state index in [1.165, 1.54) is 12.1 Å². The Morgan fingerprint density at radius 1 is 0.674 bits per heavy atom. The highest BCUT2D eigenvalue weighted by Gasteiger charge is 2.41. The number of anilines is 1. The van der Waals surface area contributed by atoms with E-state index < -0.39 is 19.4 Å². The van der Waals surface area contributed by atoms with Crippen molar-refractivity contribution in [2.24, 2.45) is 0 Å². The van der Waals surface area contributed by atoms with Crippen molar-refractivity contribution in [2.45, 2.75) is 11.8 Å². The molecule has 0 saturated carbocycles. The topological polar surface area (TPSA) is 117 Å². The third-order valence-corrected chi connectivity index (χ3v) is 8.61. The van der Waals surface area contributed by atoms with Crippen LogP contribution in [0.15, 0.2) is 140 Å². The van der Waals surface area contributed by atoms with Crippen LogP contribution in [0.2, 0.25) is 0 Å². The van der Waals surface area contributed by atoms with Gasteiger partial charge >= 0.3 is 7.60 Å². The Morgan fingerprint density at radius 3 is 1.70 bits per heavy atom. The lowest BCUT2D eigenvalue weighted by Gasteiger charge is -2.29. The third kappa shape index (κ3) is 7.63. The number of phenolic OH excluding ortho intramolecular Hbond substituents is 1. The second kappa shape index (κ2) is 13.7. The predicted molar refractivity (Wildman–Crippen MR) is 166 cm³/mol. The van der Waals surface area contributed by atoms with Crippen molar-refractivity contribution in [3.05, 3.63) is 156 Å². The summed E-state index contributed by atoms with van der Waals surface area (Å²) >= 11 is 0. The minimum absolute atomic E-state index is 0.0531. The first-order valence-corrected chi connectivity index (χ1v) is 15.3. The fourth-order valence-electron chi connectivity index (χ4n) is 4.42. The van der Waals surface area contributed by atoms with Crippen molar-refractivity contribution < 1.29 is 28.6 Å². The van der Waals surface area contributed by atoms with Gasteiger partial charge in [-0.05, 0) is 71.8 Å². The lowest BCUT2D eigenvalue weighted by Crippen LogP contribution is -2.30. The molecular weight excluding hydrogens is 563 g/mol. The summed E-state index contributed by atoms with van der Waals surface area (Å²) in [7, 11) is -4.06. The number of para-hydroxylation sites is 2. The standard InChI is InChI=1S/C34H31N2O6P/c37-24-32(25-10-4-1-5-11-25)36-33(39)26-16-20-28(21-17-26)35-34(27-18-22-29(38)23-19-27)43(40,41-30-12-6-2-7-13-30)42-31-14-8-3-9-15-31/h1-23,32,34-35,37-38H,24H2,(H,36,39)/t32-,34?/m1/s1. The number of carbonyl (C=O) groups excluding carboxylic acids is 1. The molecule has 9 heteroatoms. The van der Waals surface area contributed by atoms with E-state index in [0.29, 0.717) is 28.3 Å². The van der Waals surface area contributed by atoms with Crippen LogP contribution < -0.4 is 19.7 Å². The third-order valence-electron chi connectivity index (χ3n) is 6.62. The molecule has 5 aromatic rings. The molecular formula is C34H31N2O6P. The molecule has 5 aromatic carbocycles. The number of aromatic hydroxyl groups is 1. The summed E-state index contributed by atoms with van der Waals surface area (Å²) in [6.45, 7) is -0.248. The summed E-state index contributed by atoms with van der Waals surface area (Å²) in [4.78, 5) is 13.0. The van der Waals surface area contributed by atoms with Gasteiger partial charge in [-0.1, -0.05) is 78.9 Å². The molecule has 0 spiro atoms. The first kappa shape index (κ1) is 29.5. The lowest BCUT2D eigenvalue weighted by molar-refractivity contribution is 0.0916. The normalized spacial score (nSPS) is 12.5. The molecule has 0 aromatic heterocycles. The van der Waals surface area contributed by atoms with Gasteiger partial charge in [-0.25, -0.2) is 4.57 Å². The van der Waals surface area contributed by atoms with Gasteiger partial charge in [0.05, 0.1) is 12.6 Å². The van der Waals surface area contributed by atoms with Crippen LogP contribution in [0.4, 0.5) is 5.69 Å². The van der Waals surface area contributed by atoms with Crippen LogP contribution in [-0.2, 0) is 4.57 Å². The van der Waals surface area contributed by atoms with E-state index in [1.807, 2.05) is 42.5 Å². The number of benzene rings is 5. The Bertz CT molecular complexity index is 1610. The number of rotatable bonds is 12. The quantitative estimate of drug-likeness (QED) is 0.112. The molecule has 0 radical (unpaired) electrons. The number of carbonyl (C=O) groups is 1. The fourth-order valence-corrected chi connectivity index (χ4v) is 6.34. The van der Waals surface area contributed by atoms with E-state index >= 15 is 0 Å². The van der Waals surface area contributed by atoms with Crippen LogP contribution in [0, 0.1) is 0 Å². The van der Waals surface area contributed by atoms with Crippen molar-refractivity contribution >= 4 is 19.2 Å². The number of hydrogen-bond acceptors (Lipinski definition) is 7. The van der Waals surface area contributed by atoms with Crippen LogP contribution in [0.5, 0.6) is 17.2 Å². The molecule has 1 amide bonds. The second-order valence-corrected chi connectivity index (χ2v) is 11.6. The van der Waals surface area contributed by atoms with Gasteiger partial charge in [-0.3, -0.25) is 4.79 Å². The van der Waals surface area contributed by atoms with Gasteiger partial charge in [0.1, 0.15) is 17.2 Å². The van der Waals surface area contributed by atoms with E-state index in [-0.39, 0.29) is 18.3 Å². The Labute approximate surface area is 250 Å². The molecule has 218 valence electrons. The highest BCUT2D eigenvalue weighted by Crippen LogP contribution is 2.60. The van der Waals surface area contributed by atoms with Crippen LogP contribution in [0.25, 0.3) is 0 Å². The van der Waals surface area contributed by atoms with Crippen LogP contribution in [0.3, 0.4) is 0 Å². The van der Waals surface area contributed by atoms with Gasteiger partial charge < -0.3 is 29.9 Å². The minimum atomic E-state index is -4.06. The van der Waals surface area contributed by atoms with Gasteiger partial charge in [-0.15, -0.1) is 0 Å². The summed E-state index contributed by atoms with van der Waals surface area (Å²) in [5.74, 6) is -0.593. The van der Waals surface area contributed by atoms with Crippen molar-refractivity contribution in [3.63, 3.8) is 0 Å². The first-order chi connectivity index (χ1) is 20.9. The SMILES string of the molecule is O=C(N[C@H](CO)c1ccccc1)c1ccc(NC(c2ccc(O)cc2)P(=O)(Oc2ccccc2)Oc2ccccc2)cc1. The highest BCUT2D eigenvalue weighted by atomic mass is 31.2. The largest absolute Gasteiger partial charge is 0.508 e. The van der Waals surface area contributed by atoms with Crippen molar-refractivity contribution in [1.29, 1.82) is 0 Å². The summed E-state index contributed by atoms with van der Waals surface area (Å²) in [5, 5.41) is 25.9. The number of hydrogen-bond donors (Lipinski definition) is 4. The molecule has 2 atom stereocenters. The van der Waals surface area contributed by atoms with E-state index in [4.69, 9.17) is 9.05 Å². The maximum Gasteiger partial charge on any atom is 0.457 e. The molecule has 0 saturated heterocycles. The van der Waals surface area contributed by atoms with Crippen LogP contribution in [-0.4, -0.2) is 22.7 Å². The molecule has 0 aliphatic carbocycles. The molecule has 43 heavy (non-hydrogen) atoms. The smallest absolute Gasteiger partial charge is 0.457 e. The number of aliphatic hydroxyl groups excluding tert-OH is 1. The summed E-state index contributed by atoms with van der Waals surface area (Å²) in [6, 6.07) is 39.1. The zero-order valence-electron chi connectivity index (χ0n) is 23.1. The molecule has 0 bridgehead atoms. The summed E-state index contributed by atoms with van der Waals surface area (Å²) in [5.41, 5.74) is 2.26.